The molecule has 1 aliphatic rings. The lowest BCUT2D eigenvalue weighted by atomic mass is 10.1. The van der Waals surface area contributed by atoms with E-state index >= 15 is 0 Å². The summed E-state index contributed by atoms with van der Waals surface area (Å²) in [5, 5.41) is 0. The minimum atomic E-state index is 0.562. The van der Waals surface area contributed by atoms with Crippen molar-refractivity contribution in [1.29, 1.82) is 0 Å². The van der Waals surface area contributed by atoms with Crippen LogP contribution >= 0.6 is 0 Å². The maximum Gasteiger partial charge on any atom is 0.119 e. The normalized spacial score (nSPS) is 14.7. The topological polar surface area (TPSA) is 57.8 Å². The smallest absolute Gasteiger partial charge is 0.119 e. The Bertz CT molecular complexity index is 734. The molecule has 0 bridgehead atoms. The van der Waals surface area contributed by atoms with E-state index in [2.05, 4.69) is 52.1 Å². The second-order valence-corrected chi connectivity index (χ2v) is 5.83. The zero-order valence-electron chi connectivity index (χ0n) is 13.5. The molecule has 3 rings (SSSR count). The number of benzene rings is 1. The van der Waals surface area contributed by atoms with E-state index in [1.54, 1.807) is 0 Å². The molecule has 1 aliphatic heterocycles. The molecule has 118 valence electrons. The molecular weight excluding hydrogens is 286 g/mol. The minimum absolute atomic E-state index is 0.562. The Morgan fingerprint density at radius 3 is 2.70 bits per heavy atom. The highest BCUT2D eigenvalue weighted by atomic mass is 15.2. The molecule has 2 N–H and O–H groups in total. The first-order valence-corrected chi connectivity index (χ1v) is 7.58. The Balaban J connectivity index is 2.04. The van der Waals surface area contributed by atoms with Crippen molar-refractivity contribution in [2.45, 2.75) is 6.54 Å². The fraction of sp³-hybridized carbons (Fsp3) is 0.222. The Morgan fingerprint density at radius 2 is 1.96 bits per heavy atom. The first kappa shape index (κ1) is 15.2. The molecule has 5 heteroatoms. The van der Waals surface area contributed by atoms with Gasteiger partial charge in [-0.25, -0.2) is 4.99 Å². The molecule has 1 aromatic carbocycles. The summed E-state index contributed by atoms with van der Waals surface area (Å²) in [5.74, 6) is 0.601. The number of aromatic nitrogens is 1. The Morgan fingerprint density at radius 1 is 1.17 bits per heavy atom. The number of nitrogens with zero attached hydrogens (tertiary/aromatic N) is 4. The molecule has 0 amide bonds. The van der Waals surface area contributed by atoms with Crippen molar-refractivity contribution in [3.05, 3.63) is 66.1 Å². The Labute approximate surface area is 136 Å². The number of nitrogens with two attached hydrogens (primary N) is 1. The fourth-order valence-corrected chi connectivity index (χ4v) is 2.69. The summed E-state index contributed by atoms with van der Waals surface area (Å²) in [6.07, 6.45) is 5.56. The third-order valence-electron chi connectivity index (χ3n) is 3.70. The predicted octanol–water partition coefficient (Wildman–Crippen LogP) is 2.32. The molecule has 0 unspecified atom stereocenters. The Hall–Kier alpha value is -2.66. The van der Waals surface area contributed by atoms with Crippen LogP contribution in [0.25, 0.3) is 5.70 Å². The van der Waals surface area contributed by atoms with Crippen molar-refractivity contribution in [3.8, 4) is 0 Å². The molecule has 0 spiro atoms. The average Bonchev–Trinajstić information content (AvgIpc) is 2.55. The van der Waals surface area contributed by atoms with E-state index < -0.39 is 0 Å². The van der Waals surface area contributed by atoms with E-state index in [1.807, 2.05) is 36.8 Å². The molecule has 0 radical (unpaired) electrons. The van der Waals surface area contributed by atoms with Crippen LogP contribution in [0.5, 0.6) is 0 Å². The van der Waals surface area contributed by atoms with Gasteiger partial charge in [-0.2, -0.15) is 0 Å². The van der Waals surface area contributed by atoms with Gasteiger partial charge in [-0.3, -0.25) is 4.98 Å². The van der Waals surface area contributed by atoms with Crippen LogP contribution in [-0.4, -0.2) is 36.4 Å². The standard InChI is InChI=1S/C18H21N5/c1-22(2)12-15-8-9-20-10-16(15)23-13-18(19)21-11-17(23)14-6-4-3-5-7-14/h3-11H,12-13H2,1-2H3,(H2,19,21). The number of amidine groups is 1. The van der Waals surface area contributed by atoms with Crippen molar-refractivity contribution in [3.63, 3.8) is 0 Å². The van der Waals surface area contributed by atoms with Crippen LogP contribution in [0.3, 0.4) is 0 Å². The van der Waals surface area contributed by atoms with Crippen molar-refractivity contribution in [2.24, 2.45) is 10.7 Å². The summed E-state index contributed by atoms with van der Waals surface area (Å²) in [4.78, 5) is 13.0. The quantitative estimate of drug-likeness (QED) is 0.942. The molecule has 0 saturated carbocycles. The van der Waals surface area contributed by atoms with E-state index in [9.17, 15) is 0 Å². The third-order valence-corrected chi connectivity index (χ3v) is 3.70. The van der Waals surface area contributed by atoms with Gasteiger partial charge in [0.05, 0.1) is 30.3 Å². The molecule has 0 fully saturated rings. The van der Waals surface area contributed by atoms with Gasteiger partial charge in [-0.15, -0.1) is 0 Å². The monoisotopic (exact) mass is 307 g/mol. The second-order valence-electron chi connectivity index (χ2n) is 5.83. The van der Waals surface area contributed by atoms with Crippen LogP contribution in [0.2, 0.25) is 0 Å². The summed E-state index contributed by atoms with van der Waals surface area (Å²) < 4.78 is 0. The molecule has 5 nitrogen and oxygen atoms in total. The first-order chi connectivity index (χ1) is 11.1. The molecule has 0 atom stereocenters. The van der Waals surface area contributed by atoms with Gasteiger partial charge in [0.25, 0.3) is 0 Å². The van der Waals surface area contributed by atoms with E-state index in [0.717, 1.165) is 23.5 Å². The van der Waals surface area contributed by atoms with Crippen molar-refractivity contribution < 1.29 is 0 Å². The highest BCUT2D eigenvalue weighted by Crippen LogP contribution is 2.30. The Kier molecular flexibility index (Phi) is 4.39. The van der Waals surface area contributed by atoms with E-state index in [1.165, 1.54) is 5.56 Å². The van der Waals surface area contributed by atoms with Gasteiger partial charge in [-0.1, -0.05) is 30.3 Å². The van der Waals surface area contributed by atoms with Crippen LogP contribution in [0.15, 0.2) is 60.0 Å². The van der Waals surface area contributed by atoms with Gasteiger partial charge in [-0.05, 0) is 31.3 Å². The van der Waals surface area contributed by atoms with Gasteiger partial charge in [0, 0.05) is 12.7 Å². The first-order valence-electron chi connectivity index (χ1n) is 7.58. The largest absolute Gasteiger partial charge is 0.386 e. The van der Waals surface area contributed by atoms with Gasteiger partial charge in [0.15, 0.2) is 0 Å². The maximum absolute atomic E-state index is 5.99. The molecule has 1 aromatic heterocycles. The number of aliphatic imine (C=N–C) groups is 1. The van der Waals surface area contributed by atoms with Gasteiger partial charge >= 0.3 is 0 Å². The van der Waals surface area contributed by atoms with E-state index in [0.29, 0.717) is 12.4 Å². The molecule has 0 saturated heterocycles. The summed E-state index contributed by atoms with van der Waals surface area (Å²) in [6, 6.07) is 12.3. The number of hydrogen-bond acceptors (Lipinski definition) is 5. The lowest BCUT2D eigenvalue weighted by Gasteiger charge is -2.31. The summed E-state index contributed by atoms with van der Waals surface area (Å²) in [5.41, 5.74) is 10.4. The molecule has 23 heavy (non-hydrogen) atoms. The van der Waals surface area contributed by atoms with Crippen molar-refractivity contribution in [1.82, 2.24) is 9.88 Å². The number of pyridine rings is 1. The van der Waals surface area contributed by atoms with Gasteiger partial charge in [0.2, 0.25) is 0 Å². The zero-order valence-corrected chi connectivity index (χ0v) is 13.5. The summed E-state index contributed by atoms with van der Waals surface area (Å²) >= 11 is 0. The number of anilines is 1. The summed E-state index contributed by atoms with van der Waals surface area (Å²) in [7, 11) is 4.12. The van der Waals surface area contributed by atoms with Crippen LogP contribution in [0.1, 0.15) is 11.1 Å². The average molecular weight is 307 g/mol. The third kappa shape index (κ3) is 3.40. The molecular formula is C18H21N5. The molecule has 0 aliphatic carbocycles. The van der Waals surface area contributed by atoms with Crippen molar-refractivity contribution in [2.75, 3.05) is 25.5 Å². The lowest BCUT2D eigenvalue weighted by Crippen LogP contribution is -2.36. The minimum Gasteiger partial charge on any atom is -0.386 e. The van der Waals surface area contributed by atoms with E-state index in [-0.39, 0.29) is 0 Å². The highest BCUT2D eigenvalue weighted by Gasteiger charge is 2.21. The van der Waals surface area contributed by atoms with Crippen LogP contribution in [-0.2, 0) is 6.54 Å². The van der Waals surface area contributed by atoms with Crippen LogP contribution in [0.4, 0.5) is 5.69 Å². The second kappa shape index (κ2) is 6.62. The highest BCUT2D eigenvalue weighted by molar-refractivity contribution is 5.95. The fourth-order valence-electron chi connectivity index (χ4n) is 2.69. The SMILES string of the molecule is CN(C)Cc1ccncc1N1CC(N)=NC=C1c1ccccc1. The number of hydrogen-bond donors (Lipinski definition) is 1. The zero-order chi connectivity index (χ0) is 16.2. The van der Waals surface area contributed by atoms with Crippen molar-refractivity contribution >= 4 is 17.2 Å². The maximum atomic E-state index is 5.99. The van der Waals surface area contributed by atoms with E-state index in [4.69, 9.17) is 5.73 Å². The molecule has 2 aromatic rings. The van der Waals surface area contributed by atoms with Gasteiger partial charge < -0.3 is 15.5 Å². The van der Waals surface area contributed by atoms with Crippen LogP contribution < -0.4 is 10.6 Å². The van der Waals surface area contributed by atoms with Gasteiger partial charge in [0.1, 0.15) is 5.84 Å². The molecule has 2 heterocycles. The van der Waals surface area contributed by atoms with Crippen LogP contribution in [0, 0.1) is 0 Å². The summed E-state index contributed by atoms with van der Waals surface area (Å²) in [6.45, 7) is 1.40. The number of rotatable bonds is 4. The lowest BCUT2D eigenvalue weighted by molar-refractivity contribution is 0.402. The predicted molar refractivity (Wildman–Crippen MR) is 95.0 cm³/mol.